The molecule has 0 aliphatic carbocycles. The number of rotatable bonds is 7. The first kappa shape index (κ1) is 23.1. The third kappa shape index (κ3) is 4.63. The number of methoxy groups -OCH3 is 1. The van der Waals surface area contributed by atoms with Crippen molar-refractivity contribution in [3.63, 3.8) is 0 Å². The van der Waals surface area contributed by atoms with Crippen molar-refractivity contribution in [2.75, 3.05) is 7.11 Å². The predicted octanol–water partition coefficient (Wildman–Crippen LogP) is 4.25. The average molecular weight is 485 g/mol. The van der Waals surface area contributed by atoms with Crippen molar-refractivity contribution >= 4 is 10.9 Å². The van der Waals surface area contributed by atoms with Crippen LogP contribution in [0.3, 0.4) is 0 Å². The zero-order valence-corrected chi connectivity index (χ0v) is 20.0. The van der Waals surface area contributed by atoms with Crippen LogP contribution in [0.4, 0.5) is 0 Å². The number of hydrogen-bond acceptors (Lipinski definition) is 7. The third-order valence-corrected chi connectivity index (χ3v) is 5.64. The summed E-state index contributed by atoms with van der Waals surface area (Å²) in [6.45, 7) is 4.07. The van der Waals surface area contributed by atoms with Crippen LogP contribution in [-0.2, 0) is 6.54 Å². The van der Waals surface area contributed by atoms with Crippen molar-refractivity contribution < 1.29 is 14.0 Å². The van der Waals surface area contributed by atoms with Gasteiger partial charge in [0.25, 0.3) is 11.4 Å². The summed E-state index contributed by atoms with van der Waals surface area (Å²) in [6, 6.07) is 19.6. The Labute approximate surface area is 205 Å². The molecule has 2 heterocycles. The van der Waals surface area contributed by atoms with E-state index in [0.717, 1.165) is 16.9 Å². The van der Waals surface area contributed by atoms with Gasteiger partial charge in [0.1, 0.15) is 11.5 Å². The molecule has 0 aliphatic heterocycles. The van der Waals surface area contributed by atoms with E-state index in [0.29, 0.717) is 28.0 Å². The van der Waals surface area contributed by atoms with Gasteiger partial charge in [0.15, 0.2) is 0 Å². The summed E-state index contributed by atoms with van der Waals surface area (Å²) in [7, 11) is 1.58. The molecule has 5 rings (SSSR count). The van der Waals surface area contributed by atoms with Gasteiger partial charge in [0, 0.05) is 11.1 Å². The number of aromatic amines is 1. The van der Waals surface area contributed by atoms with E-state index < -0.39 is 5.69 Å². The Balaban J connectivity index is 1.43. The minimum Gasteiger partial charge on any atom is -0.497 e. The Bertz CT molecular complexity index is 1630. The van der Waals surface area contributed by atoms with Crippen molar-refractivity contribution in [2.45, 2.75) is 26.5 Å². The van der Waals surface area contributed by atoms with Gasteiger partial charge in [-0.3, -0.25) is 9.36 Å². The molecular weight excluding hydrogens is 460 g/mol. The van der Waals surface area contributed by atoms with Crippen LogP contribution in [0.25, 0.3) is 33.7 Å². The lowest BCUT2D eigenvalue weighted by atomic mass is 10.1. The van der Waals surface area contributed by atoms with Crippen LogP contribution in [0, 0.1) is 0 Å². The normalized spacial score (nSPS) is 11.2. The summed E-state index contributed by atoms with van der Waals surface area (Å²) >= 11 is 0. The monoisotopic (exact) mass is 484 g/mol. The number of benzene rings is 3. The molecule has 0 radical (unpaired) electrons. The second kappa shape index (κ2) is 9.53. The lowest BCUT2D eigenvalue weighted by molar-refractivity contribution is 0.242. The van der Waals surface area contributed by atoms with E-state index in [1.807, 2.05) is 50.2 Å². The van der Waals surface area contributed by atoms with Crippen LogP contribution in [0.5, 0.6) is 11.5 Å². The first-order valence-corrected chi connectivity index (χ1v) is 11.4. The molecule has 9 nitrogen and oxygen atoms in total. The molecule has 3 aromatic carbocycles. The van der Waals surface area contributed by atoms with E-state index >= 15 is 0 Å². The highest BCUT2D eigenvalue weighted by Crippen LogP contribution is 2.25. The molecule has 0 atom stereocenters. The number of fused-ring (bicyclic) bond motifs is 1. The van der Waals surface area contributed by atoms with Crippen molar-refractivity contribution in [1.82, 2.24) is 19.7 Å². The Morgan fingerprint density at radius 3 is 2.33 bits per heavy atom. The number of nitrogens with one attached hydrogen (secondary N) is 1. The SMILES string of the molecule is COc1ccc(Cn2c(=O)[nH]c3cc(-c4nc(-c5ccc(OC(C)C)cc5)no4)ccc3c2=O)cc1. The molecule has 1 N–H and O–H groups in total. The Morgan fingerprint density at radius 2 is 1.64 bits per heavy atom. The standard InChI is InChI=1S/C27H24N4O5/c1-16(2)35-21-11-6-18(7-12-21)24-29-25(36-30-24)19-8-13-22-23(14-19)28-27(33)31(26(22)32)15-17-4-9-20(34-3)10-5-17/h4-14,16H,15H2,1-3H3,(H,28,33). The first-order chi connectivity index (χ1) is 17.4. The van der Waals surface area contributed by atoms with Gasteiger partial charge < -0.3 is 19.0 Å². The highest BCUT2D eigenvalue weighted by atomic mass is 16.5. The summed E-state index contributed by atoms with van der Waals surface area (Å²) < 4.78 is 17.4. The maximum Gasteiger partial charge on any atom is 0.329 e. The highest BCUT2D eigenvalue weighted by molar-refractivity contribution is 5.82. The summed E-state index contributed by atoms with van der Waals surface area (Å²) in [5.74, 6) is 2.16. The van der Waals surface area contributed by atoms with Crippen LogP contribution in [0.2, 0.25) is 0 Å². The van der Waals surface area contributed by atoms with E-state index in [1.165, 1.54) is 4.57 Å². The Morgan fingerprint density at radius 1 is 0.944 bits per heavy atom. The van der Waals surface area contributed by atoms with Gasteiger partial charge in [-0.1, -0.05) is 17.3 Å². The molecule has 0 saturated heterocycles. The molecule has 2 aromatic heterocycles. The maximum atomic E-state index is 13.1. The molecule has 5 aromatic rings. The smallest absolute Gasteiger partial charge is 0.329 e. The van der Waals surface area contributed by atoms with Crippen molar-refractivity contribution in [3.05, 3.63) is 93.1 Å². The lowest BCUT2D eigenvalue weighted by Crippen LogP contribution is -2.35. The fourth-order valence-electron chi connectivity index (χ4n) is 3.86. The second-order valence-corrected chi connectivity index (χ2v) is 8.54. The van der Waals surface area contributed by atoms with Gasteiger partial charge in [0.05, 0.1) is 30.7 Å². The zero-order chi connectivity index (χ0) is 25.2. The Kier molecular flexibility index (Phi) is 6.12. The van der Waals surface area contributed by atoms with Crippen molar-refractivity contribution in [3.8, 4) is 34.3 Å². The number of ether oxygens (including phenoxy) is 2. The number of aromatic nitrogens is 4. The molecule has 0 bridgehead atoms. The highest BCUT2D eigenvalue weighted by Gasteiger charge is 2.14. The van der Waals surface area contributed by atoms with Crippen LogP contribution >= 0.6 is 0 Å². The molecule has 0 spiro atoms. The van der Waals surface area contributed by atoms with E-state index in [-0.39, 0.29) is 24.1 Å². The molecule has 182 valence electrons. The maximum absolute atomic E-state index is 13.1. The van der Waals surface area contributed by atoms with Gasteiger partial charge in [-0.05, 0) is 74.0 Å². The molecular formula is C27H24N4O5. The molecule has 0 saturated carbocycles. The topological polar surface area (TPSA) is 112 Å². The fraction of sp³-hybridized carbons (Fsp3) is 0.185. The predicted molar refractivity (Wildman–Crippen MR) is 135 cm³/mol. The average Bonchev–Trinajstić information content (AvgIpc) is 3.37. The van der Waals surface area contributed by atoms with Gasteiger partial charge in [-0.25, -0.2) is 4.79 Å². The van der Waals surface area contributed by atoms with E-state index in [2.05, 4.69) is 15.1 Å². The molecule has 9 heteroatoms. The lowest BCUT2D eigenvalue weighted by Gasteiger charge is -2.09. The minimum atomic E-state index is -0.504. The Hall–Kier alpha value is -4.66. The largest absolute Gasteiger partial charge is 0.497 e. The van der Waals surface area contributed by atoms with Gasteiger partial charge in [-0.2, -0.15) is 4.98 Å². The summed E-state index contributed by atoms with van der Waals surface area (Å²) in [5.41, 5.74) is 1.67. The van der Waals surface area contributed by atoms with E-state index in [9.17, 15) is 9.59 Å². The summed E-state index contributed by atoms with van der Waals surface area (Å²) in [5, 5.41) is 4.45. The van der Waals surface area contributed by atoms with Crippen LogP contribution < -0.4 is 20.7 Å². The zero-order valence-electron chi connectivity index (χ0n) is 20.0. The molecule has 0 aliphatic rings. The second-order valence-electron chi connectivity index (χ2n) is 8.54. The number of hydrogen-bond donors (Lipinski definition) is 1. The first-order valence-electron chi connectivity index (χ1n) is 11.4. The van der Waals surface area contributed by atoms with E-state index in [1.54, 1.807) is 37.4 Å². The number of nitrogens with zero attached hydrogens (tertiary/aromatic N) is 3. The minimum absolute atomic E-state index is 0.0820. The molecule has 0 fully saturated rings. The quantitative estimate of drug-likeness (QED) is 0.367. The number of H-pyrrole nitrogens is 1. The van der Waals surface area contributed by atoms with Gasteiger partial charge >= 0.3 is 5.69 Å². The van der Waals surface area contributed by atoms with Gasteiger partial charge in [0.2, 0.25) is 5.82 Å². The molecule has 36 heavy (non-hydrogen) atoms. The van der Waals surface area contributed by atoms with Crippen molar-refractivity contribution in [2.24, 2.45) is 0 Å². The summed E-state index contributed by atoms with van der Waals surface area (Å²) in [6.07, 6.45) is 0.0820. The molecule has 0 unspecified atom stereocenters. The van der Waals surface area contributed by atoms with Crippen LogP contribution in [0.1, 0.15) is 19.4 Å². The fourth-order valence-corrected chi connectivity index (χ4v) is 3.86. The third-order valence-electron chi connectivity index (χ3n) is 5.64. The van der Waals surface area contributed by atoms with Crippen LogP contribution in [0.15, 0.2) is 80.8 Å². The van der Waals surface area contributed by atoms with Crippen LogP contribution in [-0.4, -0.2) is 32.9 Å². The summed E-state index contributed by atoms with van der Waals surface area (Å²) in [4.78, 5) is 33.1. The van der Waals surface area contributed by atoms with Crippen molar-refractivity contribution in [1.29, 1.82) is 0 Å². The van der Waals surface area contributed by atoms with Gasteiger partial charge in [-0.15, -0.1) is 0 Å². The van der Waals surface area contributed by atoms with E-state index in [4.69, 9.17) is 14.0 Å². The molecule has 0 amide bonds.